The van der Waals surface area contributed by atoms with E-state index in [1.165, 1.54) is 11.6 Å². The number of hydrogen-bond donors (Lipinski definition) is 1. The summed E-state index contributed by atoms with van der Waals surface area (Å²) >= 11 is 3.50. The molecule has 7 nitrogen and oxygen atoms in total. The van der Waals surface area contributed by atoms with Crippen LogP contribution in [0.25, 0.3) is 6.08 Å². The second-order valence-electron chi connectivity index (χ2n) is 8.62. The van der Waals surface area contributed by atoms with E-state index in [0.29, 0.717) is 40.4 Å². The summed E-state index contributed by atoms with van der Waals surface area (Å²) in [5, 5.41) is 2.24. The number of imide groups is 2. The third kappa shape index (κ3) is 6.46. The molecule has 0 unspecified atom stereocenters. The predicted molar refractivity (Wildman–Crippen MR) is 145 cm³/mol. The van der Waals surface area contributed by atoms with Gasteiger partial charge in [0.15, 0.2) is 0 Å². The van der Waals surface area contributed by atoms with E-state index in [4.69, 9.17) is 9.47 Å². The Morgan fingerprint density at radius 3 is 2.35 bits per heavy atom. The van der Waals surface area contributed by atoms with Crippen LogP contribution in [0.1, 0.15) is 36.5 Å². The maximum Gasteiger partial charge on any atom is 0.335 e. The first-order valence-electron chi connectivity index (χ1n) is 12.0. The van der Waals surface area contributed by atoms with Crippen LogP contribution in [0.3, 0.4) is 0 Å². The molecular formula is C29H27BrN2O5. The molecule has 1 aliphatic heterocycles. The number of unbranched alkanes of at least 4 members (excludes halogenated alkanes) is 1. The van der Waals surface area contributed by atoms with Gasteiger partial charge < -0.3 is 9.47 Å². The van der Waals surface area contributed by atoms with E-state index in [2.05, 4.69) is 28.2 Å². The van der Waals surface area contributed by atoms with Crippen molar-refractivity contribution in [3.63, 3.8) is 0 Å². The van der Waals surface area contributed by atoms with Crippen molar-refractivity contribution in [2.24, 2.45) is 0 Å². The Bertz CT molecular complexity index is 1330. The zero-order valence-electron chi connectivity index (χ0n) is 20.6. The Balaban J connectivity index is 1.50. The van der Waals surface area contributed by atoms with Gasteiger partial charge in [0.1, 0.15) is 23.7 Å². The third-order valence-electron chi connectivity index (χ3n) is 5.75. The Morgan fingerprint density at radius 1 is 0.946 bits per heavy atom. The summed E-state index contributed by atoms with van der Waals surface area (Å²) in [4.78, 5) is 39.2. The van der Waals surface area contributed by atoms with Crippen LogP contribution in [-0.4, -0.2) is 24.5 Å². The standard InChI is InChI=1S/C29H27BrN2O5/c1-3-4-15-36-23-12-10-22(11-13-23)32-28(34)24(27(33)31-29(32)35)16-21-9-14-26(25(30)17-21)37-18-20-7-5-19(2)6-8-20/h5-14,16-17H,3-4,15,18H2,1-2H3,(H,31,33,35)/b24-16-. The molecule has 190 valence electrons. The van der Waals surface area contributed by atoms with Gasteiger partial charge in [0, 0.05) is 0 Å². The predicted octanol–water partition coefficient (Wildman–Crippen LogP) is 6.18. The number of halogens is 1. The molecule has 0 bridgehead atoms. The zero-order valence-corrected chi connectivity index (χ0v) is 22.2. The van der Waals surface area contributed by atoms with Gasteiger partial charge in [0.25, 0.3) is 11.8 Å². The highest BCUT2D eigenvalue weighted by Crippen LogP contribution is 2.29. The summed E-state index contributed by atoms with van der Waals surface area (Å²) in [5.74, 6) is -0.186. The van der Waals surface area contributed by atoms with Crippen molar-refractivity contribution in [1.29, 1.82) is 0 Å². The highest BCUT2D eigenvalue weighted by molar-refractivity contribution is 9.10. The zero-order chi connectivity index (χ0) is 26.4. The summed E-state index contributed by atoms with van der Waals surface area (Å²) in [6.07, 6.45) is 3.40. The molecule has 1 heterocycles. The number of anilines is 1. The molecule has 4 rings (SSSR count). The lowest BCUT2D eigenvalue weighted by Gasteiger charge is -2.26. The Morgan fingerprint density at radius 2 is 1.68 bits per heavy atom. The normalized spacial score (nSPS) is 14.6. The van der Waals surface area contributed by atoms with Crippen LogP contribution in [0.4, 0.5) is 10.5 Å². The van der Waals surface area contributed by atoms with E-state index in [1.807, 2.05) is 31.2 Å². The molecule has 0 spiro atoms. The number of hydrogen-bond acceptors (Lipinski definition) is 5. The first kappa shape index (κ1) is 26.2. The topological polar surface area (TPSA) is 84.9 Å². The number of carbonyl (C=O) groups is 3. The molecule has 3 aromatic carbocycles. The minimum atomic E-state index is -0.798. The van der Waals surface area contributed by atoms with Gasteiger partial charge in [-0.05, 0) is 82.9 Å². The molecule has 8 heteroatoms. The van der Waals surface area contributed by atoms with Gasteiger partial charge in [-0.1, -0.05) is 49.2 Å². The number of rotatable bonds is 9. The molecule has 1 N–H and O–H groups in total. The Hall–Kier alpha value is -3.91. The van der Waals surface area contributed by atoms with Crippen LogP contribution < -0.4 is 19.7 Å². The molecule has 4 amide bonds. The molecule has 0 radical (unpaired) electrons. The molecule has 37 heavy (non-hydrogen) atoms. The highest BCUT2D eigenvalue weighted by Gasteiger charge is 2.36. The summed E-state index contributed by atoms with van der Waals surface area (Å²) in [6, 6.07) is 19.1. The van der Waals surface area contributed by atoms with Crippen molar-refractivity contribution >= 4 is 45.5 Å². The van der Waals surface area contributed by atoms with E-state index < -0.39 is 17.8 Å². The maximum atomic E-state index is 13.2. The van der Waals surface area contributed by atoms with Crippen LogP contribution in [0, 0.1) is 6.92 Å². The number of ether oxygens (including phenoxy) is 2. The van der Waals surface area contributed by atoms with Crippen molar-refractivity contribution in [2.45, 2.75) is 33.3 Å². The summed E-state index contributed by atoms with van der Waals surface area (Å²) in [6.45, 7) is 5.10. The van der Waals surface area contributed by atoms with Crippen LogP contribution in [0.15, 0.2) is 76.8 Å². The van der Waals surface area contributed by atoms with Crippen molar-refractivity contribution in [3.05, 3.63) is 93.5 Å². The lowest BCUT2D eigenvalue weighted by molar-refractivity contribution is -0.122. The number of nitrogens with one attached hydrogen (secondary N) is 1. The third-order valence-corrected chi connectivity index (χ3v) is 6.36. The number of barbiturate groups is 1. The molecule has 1 fully saturated rings. The minimum absolute atomic E-state index is 0.150. The molecular weight excluding hydrogens is 536 g/mol. The number of amides is 4. The monoisotopic (exact) mass is 562 g/mol. The fourth-order valence-electron chi connectivity index (χ4n) is 3.65. The van der Waals surface area contributed by atoms with Gasteiger partial charge in [0.2, 0.25) is 0 Å². The summed E-state index contributed by atoms with van der Waals surface area (Å²) in [5.41, 5.74) is 3.01. The van der Waals surface area contributed by atoms with E-state index >= 15 is 0 Å². The van der Waals surface area contributed by atoms with Gasteiger partial charge in [-0.3, -0.25) is 14.9 Å². The van der Waals surface area contributed by atoms with Crippen LogP contribution >= 0.6 is 15.9 Å². The van der Waals surface area contributed by atoms with Crippen molar-refractivity contribution in [3.8, 4) is 11.5 Å². The van der Waals surface area contributed by atoms with Gasteiger partial charge in [-0.15, -0.1) is 0 Å². The van der Waals surface area contributed by atoms with Gasteiger partial charge in [-0.25, -0.2) is 9.69 Å². The van der Waals surface area contributed by atoms with E-state index in [0.717, 1.165) is 23.3 Å². The minimum Gasteiger partial charge on any atom is -0.494 e. The fraction of sp³-hybridized carbons (Fsp3) is 0.207. The highest BCUT2D eigenvalue weighted by atomic mass is 79.9. The molecule has 0 atom stereocenters. The van der Waals surface area contributed by atoms with E-state index in [1.54, 1.807) is 42.5 Å². The van der Waals surface area contributed by atoms with Crippen molar-refractivity contribution in [2.75, 3.05) is 11.5 Å². The number of carbonyl (C=O) groups excluding carboxylic acids is 3. The van der Waals surface area contributed by atoms with Crippen LogP contribution in [-0.2, 0) is 16.2 Å². The summed E-state index contributed by atoms with van der Waals surface area (Å²) < 4.78 is 12.2. The quantitative estimate of drug-likeness (QED) is 0.191. The lowest BCUT2D eigenvalue weighted by Crippen LogP contribution is -2.54. The van der Waals surface area contributed by atoms with Gasteiger partial charge in [0.05, 0.1) is 16.8 Å². The first-order chi connectivity index (χ1) is 17.9. The molecule has 0 saturated carbocycles. The SMILES string of the molecule is CCCCOc1ccc(N2C(=O)NC(=O)/C(=C/c3ccc(OCc4ccc(C)cc4)c(Br)c3)C2=O)cc1. The van der Waals surface area contributed by atoms with Gasteiger partial charge in [-0.2, -0.15) is 0 Å². The lowest BCUT2D eigenvalue weighted by atomic mass is 10.1. The Labute approximate surface area is 224 Å². The van der Waals surface area contributed by atoms with Crippen molar-refractivity contribution in [1.82, 2.24) is 5.32 Å². The molecule has 1 aliphatic rings. The van der Waals surface area contributed by atoms with Crippen molar-refractivity contribution < 1.29 is 23.9 Å². The largest absolute Gasteiger partial charge is 0.494 e. The Kier molecular flexibility index (Phi) is 8.40. The average Bonchev–Trinajstić information content (AvgIpc) is 2.88. The molecule has 0 aliphatic carbocycles. The van der Waals surface area contributed by atoms with E-state index in [9.17, 15) is 14.4 Å². The maximum absolute atomic E-state index is 13.2. The first-order valence-corrected chi connectivity index (χ1v) is 12.8. The molecule has 1 saturated heterocycles. The number of aryl methyl sites for hydroxylation is 1. The smallest absolute Gasteiger partial charge is 0.335 e. The van der Waals surface area contributed by atoms with E-state index in [-0.39, 0.29) is 5.57 Å². The van der Waals surface area contributed by atoms with Gasteiger partial charge >= 0.3 is 6.03 Å². The summed E-state index contributed by atoms with van der Waals surface area (Å²) in [7, 11) is 0. The molecule has 3 aromatic rings. The second-order valence-corrected chi connectivity index (χ2v) is 9.47. The van der Waals surface area contributed by atoms with Crippen LogP contribution in [0.2, 0.25) is 0 Å². The fourth-order valence-corrected chi connectivity index (χ4v) is 4.16. The average molecular weight is 563 g/mol. The second kappa shape index (κ2) is 11.9. The number of urea groups is 1. The number of nitrogens with zero attached hydrogens (tertiary/aromatic N) is 1. The van der Waals surface area contributed by atoms with Crippen LogP contribution in [0.5, 0.6) is 11.5 Å². The molecule has 0 aromatic heterocycles. The number of benzene rings is 3.